The van der Waals surface area contributed by atoms with E-state index in [0.29, 0.717) is 34.1 Å². The third-order valence-corrected chi connectivity index (χ3v) is 7.30. The fraction of sp³-hybridized carbons (Fsp3) is 0.133. The molecule has 0 aliphatic carbocycles. The molecular formula is C30H27FN6OS. The Morgan fingerprint density at radius 1 is 0.974 bits per heavy atom. The number of nitrogens with one attached hydrogen (secondary N) is 1. The Hall–Kier alpha value is -4.50. The molecule has 0 aliphatic heterocycles. The highest BCUT2D eigenvalue weighted by Gasteiger charge is 2.18. The van der Waals surface area contributed by atoms with Crippen molar-refractivity contribution in [3.05, 3.63) is 102 Å². The lowest BCUT2D eigenvalue weighted by molar-refractivity contribution is 0.0993. The van der Waals surface area contributed by atoms with Gasteiger partial charge in [-0.1, -0.05) is 25.6 Å². The topological polar surface area (TPSA) is 97.0 Å². The van der Waals surface area contributed by atoms with Crippen LogP contribution in [0, 0.1) is 5.82 Å². The number of carbonyl (C=O) groups is 1. The van der Waals surface area contributed by atoms with Crippen LogP contribution in [-0.4, -0.2) is 27.9 Å². The first-order valence-corrected chi connectivity index (χ1v) is 13.2. The van der Waals surface area contributed by atoms with Gasteiger partial charge < -0.3 is 16.0 Å². The van der Waals surface area contributed by atoms with E-state index in [1.54, 1.807) is 31.3 Å². The molecule has 0 spiro atoms. The zero-order valence-electron chi connectivity index (χ0n) is 21.7. The first kappa shape index (κ1) is 26.1. The molecule has 0 saturated heterocycles. The van der Waals surface area contributed by atoms with Gasteiger partial charge in [-0.15, -0.1) is 0 Å². The summed E-state index contributed by atoms with van der Waals surface area (Å²) in [5, 5.41) is 4.19. The predicted octanol–water partition coefficient (Wildman–Crippen LogP) is 7.04. The fourth-order valence-corrected chi connectivity index (χ4v) is 4.88. The van der Waals surface area contributed by atoms with Gasteiger partial charge in [0.05, 0.1) is 11.1 Å². The molecule has 5 aromatic rings. The van der Waals surface area contributed by atoms with Crippen molar-refractivity contribution in [3.8, 4) is 0 Å². The SMILES string of the molecule is CC(C)c1ccc2c(Nc3cc(C(=O)N(C)c4ccc(F)cc4)ccc3Sc3ccc(N)cc3)ncnc2n1. The van der Waals surface area contributed by atoms with E-state index in [-0.39, 0.29) is 17.6 Å². The molecule has 0 saturated carbocycles. The Morgan fingerprint density at radius 3 is 2.44 bits per heavy atom. The molecule has 7 nitrogen and oxygen atoms in total. The minimum absolute atomic E-state index is 0.232. The summed E-state index contributed by atoms with van der Waals surface area (Å²) < 4.78 is 13.4. The summed E-state index contributed by atoms with van der Waals surface area (Å²) >= 11 is 1.54. The number of aromatic nitrogens is 3. The Morgan fingerprint density at radius 2 is 1.72 bits per heavy atom. The van der Waals surface area contributed by atoms with Crippen molar-refractivity contribution in [3.63, 3.8) is 0 Å². The molecule has 5 rings (SSSR count). The highest BCUT2D eigenvalue weighted by molar-refractivity contribution is 7.99. The minimum Gasteiger partial charge on any atom is -0.399 e. The van der Waals surface area contributed by atoms with Gasteiger partial charge in [0, 0.05) is 39.5 Å². The van der Waals surface area contributed by atoms with Gasteiger partial charge in [0.25, 0.3) is 5.91 Å². The molecule has 3 aromatic carbocycles. The van der Waals surface area contributed by atoms with Gasteiger partial charge in [0.15, 0.2) is 5.65 Å². The molecule has 0 radical (unpaired) electrons. The number of benzene rings is 3. The van der Waals surface area contributed by atoms with Gasteiger partial charge in [-0.2, -0.15) is 0 Å². The first-order valence-electron chi connectivity index (χ1n) is 12.4. The lowest BCUT2D eigenvalue weighted by Crippen LogP contribution is -2.26. The van der Waals surface area contributed by atoms with E-state index in [1.165, 1.54) is 35.1 Å². The molecule has 0 unspecified atom stereocenters. The average Bonchev–Trinajstić information content (AvgIpc) is 2.94. The van der Waals surface area contributed by atoms with Crippen molar-refractivity contribution in [2.45, 2.75) is 29.6 Å². The van der Waals surface area contributed by atoms with Gasteiger partial charge in [0.2, 0.25) is 0 Å². The van der Waals surface area contributed by atoms with Crippen LogP contribution in [-0.2, 0) is 0 Å². The Labute approximate surface area is 230 Å². The number of anilines is 4. The van der Waals surface area contributed by atoms with Crippen LogP contribution < -0.4 is 16.0 Å². The van der Waals surface area contributed by atoms with Crippen molar-refractivity contribution in [1.82, 2.24) is 15.0 Å². The molecule has 0 bridgehead atoms. The van der Waals surface area contributed by atoms with Crippen LogP contribution in [0.3, 0.4) is 0 Å². The lowest BCUT2D eigenvalue weighted by Gasteiger charge is -2.19. The lowest BCUT2D eigenvalue weighted by atomic mass is 10.1. The molecule has 196 valence electrons. The summed E-state index contributed by atoms with van der Waals surface area (Å²) in [7, 11) is 1.66. The second-order valence-corrected chi connectivity index (χ2v) is 10.4. The molecule has 0 aliphatic rings. The van der Waals surface area contributed by atoms with E-state index in [0.717, 1.165) is 20.9 Å². The fourth-order valence-electron chi connectivity index (χ4n) is 3.99. The molecule has 2 heterocycles. The number of pyridine rings is 1. The molecule has 0 fully saturated rings. The Bertz CT molecular complexity index is 1640. The van der Waals surface area contributed by atoms with Crippen LogP contribution in [0.4, 0.5) is 27.3 Å². The highest BCUT2D eigenvalue weighted by Crippen LogP contribution is 2.37. The first-order chi connectivity index (χ1) is 18.8. The number of nitrogen functional groups attached to an aromatic ring is 1. The quantitative estimate of drug-likeness (QED) is 0.215. The summed E-state index contributed by atoms with van der Waals surface area (Å²) in [5.74, 6) is 0.259. The van der Waals surface area contributed by atoms with Gasteiger partial charge in [-0.25, -0.2) is 19.3 Å². The van der Waals surface area contributed by atoms with Crippen molar-refractivity contribution in [2.24, 2.45) is 0 Å². The number of hydrogen-bond acceptors (Lipinski definition) is 7. The normalized spacial score (nSPS) is 11.1. The van der Waals surface area contributed by atoms with Gasteiger partial charge in [-0.05, 0) is 84.8 Å². The molecule has 39 heavy (non-hydrogen) atoms. The van der Waals surface area contributed by atoms with Crippen molar-refractivity contribution in [2.75, 3.05) is 23.0 Å². The van der Waals surface area contributed by atoms with E-state index < -0.39 is 0 Å². The van der Waals surface area contributed by atoms with Crippen LogP contribution in [0.25, 0.3) is 11.0 Å². The number of amides is 1. The predicted molar refractivity (Wildman–Crippen MR) is 155 cm³/mol. The summed E-state index contributed by atoms with van der Waals surface area (Å²) in [4.78, 5) is 30.3. The number of fused-ring (bicyclic) bond motifs is 1. The summed E-state index contributed by atoms with van der Waals surface area (Å²) in [6.45, 7) is 4.17. The van der Waals surface area contributed by atoms with E-state index in [9.17, 15) is 9.18 Å². The van der Waals surface area contributed by atoms with Crippen LogP contribution >= 0.6 is 11.8 Å². The van der Waals surface area contributed by atoms with Gasteiger partial charge in [-0.3, -0.25) is 4.79 Å². The Kier molecular flexibility index (Phi) is 7.42. The van der Waals surface area contributed by atoms with Crippen molar-refractivity contribution < 1.29 is 9.18 Å². The maximum absolute atomic E-state index is 13.4. The second kappa shape index (κ2) is 11.1. The third-order valence-electron chi connectivity index (χ3n) is 6.22. The van der Waals surface area contributed by atoms with E-state index in [1.807, 2.05) is 42.5 Å². The van der Waals surface area contributed by atoms with Crippen LogP contribution in [0.1, 0.15) is 35.8 Å². The molecule has 1 amide bonds. The standard InChI is InChI=1S/C30H27FN6OS/c1-18(2)25-14-13-24-28(35-25)33-17-34-29(24)36-26-16-19(30(38)37(3)22-9-5-20(31)6-10-22)4-15-27(26)39-23-11-7-21(32)8-12-23/h4-18H,32H2,1-3H3,(H,33,34,35,36). The van der Waals surface area contributed by atoms with Gasteiger partial charge >= 0.3 is 0 Å². The molecule has 2 aromatic heterocycles. The largest absolute Gasteiger partial charge is 0.399 e. The number of rotatable bonds is 7. The Balaban J connectivity index is 1.54. The zero-order valence-corrected chi connectivity index (χ0v) is 22.5. The number of carbonyl (C=O) groups excluding carboxylic acids is 1. The summed E-state index contributed by atoms with van der Waals surface area (Å²) in [6, 6.07) is 22.8. The summed E-state index contributed by atoms with van der Waals surface area (Å²) in [6.07, 6.45) is 1.48. The van der Waals surface area contributed by atoms with E-state index in [4.69, 9.17) is 5.73 Å². The van der Waals surface area contributed by atoms with Crippen LogP contribution in [0.15, 0.2) is 95.0 Å². The van der Waals surface area contributed by atoms with Gasteiger partial charge in [0.1, 0.15) is 18.0 Å². The van der Waals surface area contributed by atoms with E-state index >= 15 is 0 Å². The smallest absolute Gasteiger partial charge is 0.258 e. The monoisotopic (exact) mass is 538 g/mol. The maximum Gasteiger partial charge on any atom is 0.258 e. The molecule has 0 atom stereocenters. The van der Waals surface area contributed by atoms with Crippen LogP contribution in [0.5, 0.6) is 0 Å². The summed E-state index contributed by atoms with van der Waals surface area (Å²) in [5.41, 5.74) is 9.84. The highest BCUT2D eigenvalue weighted by atomic mass is 32.2. The third kappa shape index (κ3) is 5.83. The zero-order chi connectivity index (χ0) is 27.5. The minimum atomic E-state index is -0.359. The van der Waals surface area contributed by atoms with Crippen LogP contribution in [0.2, 0.25) is 0 Å². The molecule has 9 heteroatoms. The number of nitrogens with two attached hydrogens (primary N) is 1. The molecular weight excluding hydrogens is 511 g/mol. The second-order valence-electron chi connectivity index (χ2n) is 9.33. The molecule has 3 N–H and O–H groups in total. The number of halogens is 1. The average molecular weight is 539 g/mol. The number of hydrogen-bond donors (Lipinski definition) is 2. The van der Waals surface area contributed by atoms with E-state index in [2.05, 4.69) is 34.1 Å². The maximum atomic E-state index is 13.4. The van der Waals surface area contributed by atoms with Crippen molar-refractivity contribution >= 4 is 51.6 Å². The van der Waals surface area contributed by atoms with Crippen molar-refractivity contribution in [1.29, 1.82) is 0 Å². The number of nitrogens with zero attached hydrogens (tertiary/aromatic N) is 4.